The van der Waals surface area contributed by atoms with Gasteiger partial charge in [-0.3, -0.25) is 0 Å². The van der Waals surface area contributed by atoms with Gasteiger partial charge < -0.3 is 10.3 Å². The zero-order valence-electron chi connectivity index (χ0n) is 9.80. The van der Waals surface area contributed by atoms with E-state index >= 15 is 0 Å². The van der Waals surface area contributed by atoms with Gasteiger partial charge in [0.25, 0.3) is 0 Å². The molecule has 90 valence electrons. The van der Waals surface area contributed by atoms with Crippen molar-refractivity contribution in [2.24, 2.45) is 0 Å². The van der Waals surface area contributed by atoms with Crippen molar-refractivity contribution < 1.29 is 0 Å². The minimum Gasteiger partial charge on any atom is -0.361 e. The number of hydrogen-bond acceptors (Lipinski definition) is 4. The van der Waals surface area contributed by atoms with Crippen LogP contribution in [0.25, 0.3) is 10.9 Å². The van der Waals surface area contributed by atoms with E-state index in [0.29, 0.717) is 5.95 Å². The molecule has 2 N–H and O–H groups in total. The summed E-state index contributed by atoms with van der Waals surface area (Å²) in [5.74, 6) is 0.567. The molecule has 1 aromatic carbocycles. The van der Waals surface area contributed by atoms with Gasteiger partial charge in [0.1, 0.15) is 0 Å². The summed E-state index contributed by atoms with van der Waals surface area (Å²) in [6, 6.07) is 8.29. The molecule has 0 fully saturated rings. The molecule has 0 spiro atoms. The summed E-state index contributed by atoms with van der Waals surface area (Å²) in [6.07, 6.45) is 6.16. The lowest BCUT2D eigenvalue weighted by atomic mass is 10.1. The summed E-state index contributed by atoms with van der Waals surface area (Å²) in [4.78, 5) is 7.33. The van der Waals surface area contributed by atoms with Crippen molar-refractivity contribution in [2.75, 3.05) is 11.9 Å². The second-order valence-electron chi connectivity index (χ2n) is 4.00. The van der Waals surface area contributed by atoms with E-state index in [0.717, 1.165) is 13.0 Å². The van der Waals surface area contributed by atoms with Crippen LogP contribution >= 0.6 is 0 Å². The largest absolute Gasteiger partial charge is 0.361 e. The minimum atomic E-state index is 0.567. The highest BCUT2D eigenvalue weighted by Gasteiger charge is 2.02. The van der Waals surface area contributed by atoms with E-state index < -0.39 is 0 Å². The molecular weight excluding hydrogens is 226 g/mol. The standard InChI is InChI=1S/C13H13N5/c1-2-4-12-11(3-1)10(9-16-12)5-6-14-13-15-7-8-17-18-13/h1-4,7-9,16H,5-6H2,(H,14,15,18). The molecule has 0 saturated carbocycles. The topological polar surface area (TPSA) is 66.5 Å². The number of H-pyrrole nitrogens is 1. The molecule has 0 saturated heterocycles. The molecule has 2 heterocycles. The molecule has 5 nitrogen and oxygen atoms in total. The number of nitrogens with one attached hydrogen (secondary N) is 2. The smallest absolute Gasteiger partial charge is 0.242 e. The highest BCUT2D eigenvalue weighted by atomic mass is 15.2. The quantitative estimate of drug-likeness (QED) is 0.731. The number of benzene rings is 1. The first-order valence-electron chi connectivity index (χ1n) is 5.86. The summed E-state index contributed by atoms with van der Waals surface area (Å²) in [7, 11) is 0. The molecule has 0 aliphatic heterocycles. The average molecular weight is 239 g/mol. The van der Waals surface area contributed by atoms with E-state index in [2.05, 4.69) is 49.9 Å². The van der Waals surface area contributed by atoms with Gasteiger partial charge in [-0.15, -0.1) is 5.10 Å². The Bertz CT molecular complexity index is 632. The maximum Gasteiger partial charge on any atom is 0.242 e. The molecule has 2 aromatic heterocycles. The maximum atomic E-state index is 4.07. The van der Waals surface area contributed by atoms with E-state index in [9.17, 15) is 0 Å². The Morgan fingerprint density at radius 1 is 1.17 bits per heavy atom. The third-order valence-electron chi connectivity index (χ3n) is 2.83. The van der Waals surface area contributed by atoms with Crippen LogP contribution in [0.3, 0.4) is 0 Å². The van der Waals surface area contributed by atoms with Gasteiger partial charge in [0.15, 0.2) is 0 Å². The predicted molar refractivity (Wildman–Crippen MR) is 70.3 cm³/mol. The van der Waals surface area contributed by atoms with Crippen LogP contribution in [0.2, 0.25) is 0 Å². The summed E-state index contributed by atoms with van der Waals surface area (Å²) in [6.45, 7) is 0.785. The van der Waals surface area contributed by atoms with E-state index in [1.807, 2.05) is 6.07 Å². The molecule has 0 aliphatic carbocycles. The van der Waals surface area contributed by atoms with Crippen LogP contribution in [-0.4, -0.2) is 26.7 Å². The second-order valence-corrected chi connectivity index (χ2v) is 4.00. The van der Waals surface area contributed by atoms with Gasteiger partial charge in [-0.1, -0.05) is 18.2 Å². The summed E-state index contributed by atoms with van der Waals surface area (Å²) < 4.78 is 0. The summed E-state index contributed by atoms with van der Waals surface area (Å²) >= 11 is 0. The van der Waals surface area contributed by atoms with E-state index in [1.165, 1.54) is 16.5 Å². The first kappa shape index (κ1) is 10.7. The van der Waals surface area contributed by atoms with Crippen LogP contribution in [0.5, 0.6) is 0 Å². The third-order valence-corrected chi connectivity index (χ3v) is 2.83. The monoisotopic (exact) mass is 239 g/mol. The van der Waals surface area contributed by atoms with Gasteiger partial charge in [-0.2, -0.15) is 5.10 Å². The van der Waals surface area contributed by atoms with Crippen LogP contribution in [-0.2, 0) is 6.42 Å². The maximum absolute atomic E-state index is 4.07. The highest BCUT2D eigenvalue weighted by molar-refractivity contribution is 5.83. The Hall–Kier alpha value is -2.43. The van der Waals surface area contributed by atoms with Crippen LogP contribution < -0.4 is 5.32 Å². The fraction of sp³-hybridized carbons (Fsp3) is 0.154. The van der Waals surface area contributed by atoms with E-state index in [4.69, 9.17) is 0 Å². The number of aromatic nitrogens is 4. The zero-order chi connectivity index (χ0) is 12.2. The predicted octanol–water partition coefficient (Wildman–Crippen LogP) is 2.01. The van der Waals surface area contributed by atoms with Crippen molar-refractivity contribution in [3.63, 3.8) is 0 Å². The fourth-order valence-corrected chi connectivity index (χ4v) is 1.98. The van der Waals surface area contributed by atoms with Gasteiger partial charge in [0, 0.05) is 23.6 Å². The Labute approximate surface area is 104 Å². The zero-order valence-corrected chi connectivity index (χ0v) is 9.80. The number of anilines is 1. The first-order chi connectivity index (χ1) is 8.93. The van der Waals surface area contributed by atoms with Crippen molar-refractivity contribution in [2.45, 2.75) is 6.42 Å². The van der Waals surface area contributed by atoms with E-state index in [1.54, 1.807) is 12.4 Å². The Morgan fingerprint density at radius 3 is 3.00 bits per heavy atom. The fourth-order valence-electron chi connectivity index (χ4n) is 1.98. The second kappa shape index (κ2) is 4.83. The Balaban J connectivity index is 1.67. The average Bonchev–Trinajstić information content (AvgIpc) is 2.84. The Morgan fingerprint density at radius 2 is 2.11 bits per heavy atom. The number of fused-ring (bicyclic) bond motifs is 1. The van der Waals surface area contributed by atoms with Crippen molar-refractivity contribution in [3.8, 4) is 0 Å². The molecule has 0 radical (unpaired) electrons. The number of hydrogen-bond donors (Lipinski definition) is 2. The first-order valence-corrected chi connectivity index (χ1v) is 5.86. The highest BCUT2D eigenvalue weighted by Crippen LogP contribution is 2.17. The summed E-state index contributed by atoms with van der Waals surface area (Å²) in [5.41, 5.74) is 2.46. The Kier molecular flexibility index (Phi) is 2.87. The van der Waals surface area contributed by atoms with Gasteiger partial charge in [0.2, 0.25) is 5.95 Å². The number of nitrogens with zero attached hydrogens (tertiary/aromatic N) is 3. The van der Waals surface area contributed by atoms with Crippen molar-refractivity contribution in [3.05, 3.63) is 48.4 Å². The van der Waals surface area contributed by atoms with Gasteiger partial charge in [-0.25, -0.2) is 4.98 Å². The van der Waals surface area contributed by atoms with Gasteiger partial charge in [0.05, 0.1) is 12.4 Å². The molecule has 18 heavy (non-hydrogen) atoms. The molecular formula is C13H13N5. The van der Waals surface area contributed by atoms with E-state index in [-0.39, 0.29) is 0 Å². The molecule has 0 amide bonds. The van der Waals surface area contributed by atoms with Crippen LogP contribution in [0.15, 0.2) is 42.9 Å². The SMILES string of the molecule is c1ccc2c(CCNc3nccnn3)c[nH]c2c1. The molecule has 0 aliphatic rings. The number of para-hydroxylation sites is 1. The molecule has 3 rings (SSSR count). The summed E-state index contributed by atoms with van der Waals surface area (Å²) in [5, 5.41) is 12.1. The third kappa shape index (κ3) is 2.15. The van der Waals surface area contributed by atoms with Crippen molar-refractivity contribution >= 4 is 16.9 Å². The number of aromatic amines is 1. The number of rotatable bonds is 4. The molecule has 0 bridgehead atoms. The van der Waals surface area contributed by atoms with Crippen LogP contribution in [0, 0.1) is 0 Å². The lowest BCUT2D eigenvalue weighted by molar-refractivity contribution is 0.928. The van der Waals surface area contributed by atoms with Gasteiger partial charge in [-0.05, 0) is 18.1 Å². The lowest BCUT2D eigenvalue weighted by Crippen LogP contribution is -2.07. The van der Waals surface area contributed by atoms with Crippen LogP contribution in [0.4, 0.5) is 5.95 Å². The van der Waals surface area contributed by atoms with Crippen LogP contribution in [0.1, 0.15) is 5.56 Å². The molecule has 0 atom stereocenters. The minimum absolute atomic E-state index is 0.567. The lowest BCUT2D eigenvalue weighted by Gasteiger charge is -2.02. The van der Waals surface area contributed by atoms with Gasteiger partial charge >= 0.3 is 0 Å². The molecule has 5 heteroatoms. The molecule has 0 unspecified atom stereocenters. The normalized spacial score (nSPS) is 10.7. The van der Waals surface area contributed by atoms with Crippen molar-refractivity contribution in [1.82, 2.24) is 20.2 Å². The molecule has 3 aromatic rings. The van der Waals surface area contributed by atoms with Crippen molar-refractivity contribution in [1.29, 1.82) is 0 Å².